The second kappa shape index (κ2) is 7.76. The molecule has 1 fully saturated rings. The summed E-state index contributed by atoms with van der Waals surface area (Å²) >= 11 is 0. The number of hydrogen-bond acceptors (Lipinski definition) is 5. The van der Waals surface area contributed by atoms with Gasteiger partial charge in [-0.1, -0.05) is 31.5 Å². The number of ether oxygens (including phenoxy) is 2. The maximum atomic E-state index is 13.2. The van der Waals surface area contributed by atoms with Crippen LogP contribution in [0.1, 0.15) is 54.4 Å². The Kier molecular flexibility index (Phi) is 6.04. The molecule has 27 heavy (non-hydrogen) atoms. The number of benzene rings is 1. The predicted molar refractivity (Wildman–Crippen MR) is 104 cm³/mol. The van der Waals surface area contributed by atoms with Gasteiger partial charge >= 0.3 is 6.09 Å². The number of nitrogens with zero attached hydrogens (tertiary/aromatic N) is 1. The molecule has 0 saturated carbocycles. The fraction of sp³-hybridized carbons (Fsp3) is 0.600. The standard InChI is InChI=1S/C20H31N3O4/c1-7-13-20(16(24)22-21-15-11-9-8-10-12-15)14-26-19(5,6)23(20)17(25)27-18(2,3)4/h8-12,21H,7,13-14H2,1-6H3,(H,22,24)/t20-/m0/s1. The normalized spacial score (nSPS) is 21.6. The van der Waals surface area contributed by atoms with E-state index in [4.69, 9.17) is 9.47 Å². The molecule has 1 aromatic rings. The molecule has 0 aliphatic carbocycles. The number of para-hydroxylation sites is 1. The molecule has 1 heterocycles. The minimum Gasteiger partial charge on any atom is -0.444 e. The van der Waals surface area contributed by atoms with Crippen LogP contribution >= 0.6 is 0 Å². The molecule has 2 rings (SSSR count). The number of hydrogen-bond donors (Lipinski definition) is 2. The molecule has 1 aliphatic heterocycles. The monoisotopic (exact) mass is 377 g/mol. The fourth-order valence-corrected chi connectivity index (χ4v) is 3.29. The highest BCUT2D eigenvalue weighted by molar-refractivity contribution is 5.91. The lowest BCUT2D eigenvalue weighted by molar-refractivity contribution is -0.133. The van der Waals surface area contributed by atoms with Crippen LogP contribution in [0.2, 0.25) is 0 Å². The Morgan fingerprint density at radius 2 is 1.85 bits per heavy atom. The van der Waals surface area contributed by atoms with Gasteiger partial charge in [0.2, 0.25) is 0 Å². The molecule has 1 saturated heterocycles. The molecule has 0 bridgehead atoms. The summed E-state index contributed by atoms with van der Waals surface area (Å²) in [6, 6.07) is 9.31. The van der Waals surface area contributed by atoms with Crippen LogP contribution in [0.5, 0.6) is 0 Å². The molecule has 2 amide bonds. The fourth-order valence-electron chi connectivity index (χ4n) is 3.29. The van der Waals surface area contributed by atoms with Crippen LogP contribution in [0.15, 0.2) is 30.3 Å². The predicted octanol–water partition coefficient (Wildman–Crippen LogP) is 3.67. The summed E-state index contributed by atoms with van der Waals surface area (Å²) in [5, 5.41) is 0. The Morgan fingerprint density at radius 1 is 1.22 bits per heavy atom. The first-order valence-electron chi connectivity index (χ1n) is 9.31. The van der Waals surface area contributed by atoms with Crippen LogP contribution in [-0.2, 0) is 14.3 Å². The largest absolute Gasteiger partial charge is 0.444 e. The third-order valence-electron chi connectivity index (χ3n) is 4.39. The quantitative estimate of drug-likeness (QED) is 0.766. The van der Waals surface area contributed by atoms with Crippen molar-refractivity contribution in [2.75, 3.05) is 12.0 Å². The van der Waals surface area contributed by atoms with E-state index in [9.17, 15) is 9.59 Å². The van der Waals surface area contributed by atoms with Gasteiger partial charge in [-0.25, -0.2) is 4.79 Å². The summed E-state index contributed by atoms with van der Waals surface area (Å²) in [7, 11) is 0. The molecule has 0 spiro atoms. The zero-order valence-corrected chi connectivity index (χ0v) is 17.1. The SMILES string of the molecule is CCC[C@@]1(C(=O)NNc2ccccc2)COC(C)(C)N1C(=O)OC(C)(C)C. The third kappa shape index (κ3) is 4.71. The van der Waals surface area contributed by atoms with Crippen LogP contribution in [0.3, 0.4) is 0 Å². The van der Waals surface area contributed by atoms with Crippen LogP contribution in [0.25, 0.3) is 0 Å². The molecule has 0 unspecified atom stereocenters. The molecule has 7 heteroatoms. The van der Waals surface area contributed by atoms with Gasteiger partial charge < -0.3 is 9.47 Å². The minimum atomic E-state index is -1.15. The number of carbonyl (C=O) groups is 2. The van der Waals surface area contributed by atoms with Gasteiger partial charge in [0.05, 0.1) is 12.3 Å². The number of nitrogens with one attached hydrogen (secondary N) is 2. The molecule has 1 atom stereocenters. The zero-order chi connectivity index (χ0) is 20.3. The van der Waals surface area contributed by atoms with Gasteiger partial charge in [0.15, 0.2) is 5.54 Å². The average molecular weight is 377 g/mol. The van der Waals surface area contributed by atoms with E-state index in [0.717, 1.165) is 5.69 Å². The second-order valence-electron chi connectivity index (χ2n) is 8.28. The zero-order valence-electron chi connectivity index (χ0n) is 17.1. The van der Waals surface area contributed by atoms with E-state index in [0.29, 0.717) is 12.8 Å². The van der Waals surface area contributed by atoms with Crippen molar-refractivity contribution in [1.29, 1.82) is 0 Å². The first kappa shape index (κ1) is 21.0. The van der Waals surface area contributed by atoms with Crippen molar-refractivity contribution in [3.8, 4) is 0 Å². The maximum Gasteiger partial charge on any atom is 0.413 e. The molecule has 150 valence electrons. The Hall–Kier alpha value is -2.28. The van der Waals surface area contributed by atoms with Crippen molar-refractivity contribution in [3.05, 3.63) is 30.3 Å². The third-order valence-corrected chi connectivity index (χ3v) is 4.39. The van der Waals surface area contributed by atoms with Crippen LogP contribution < -0.4 is 10.9 Å². The van der Waals surface area contributed by atoms with E-state index in [1.54, 1.807) is 34.6 Å². The molecular weight excluding hydrogens is 346 g/mol. The Bertz CT molecular complexity index is 670. The van der Waals surface area contributed by atoms with Gasteiger partial charge in [0, 0.05) is 0 Å². The molecule has 1 aromatic carbocycles. The molecular formula is C20H31N3O4. The Labute approximate surface area is 161 Å². The highest BCUT2D eigenvalue weighted by Gasteiger charge is 2.59. The number of amides is 2. The lowest BCUT2D eigenvalue weighted by Gasteiger charge is -2.41. The number of rotatable bonds is 5. The lowest BCUT2D eigenvalue weighted by atomic mass is 9.91. The summed E-state index contributed by atoms with van der Waals surface area (Å²) in [5.74, 6) is -0.329. The van der Waals surface area contributed by atoms with Crippen molar-refractivity contribution in [2.45, 2.75) is 71.2 Å². The van der Waals surface area contributed by atoms with Gasteiger partial charge in [0.1, 0.15) is 11.3 Å². The summed E-state index contributed by atoms with van der Waals surface area (Å²) in [4.78, 5) is 27.6. The van der Waals surface area contributed by atoms with E-state index in [2.05, 4.69) is 10.9 Å². The highest BCUT2D eigenvalue weighted by Crippen LogP contribution is 2.39. The van der Waals surface area contributed by atoms with Crippen LogP contribution in [0.4, 0.5) is 10.5 Å². The van der Waals surface area contributed by atoms with Gasteiger partial charge in [-0.05, 0) is 53.2 Å². The van der Waals surface area contributed by atoms with Crippen LogP contribution in [0, 0.1) is 0 Å². The molecule has 0 aromatic heterocycles. The minimum absolute atomic E-state index is 0.107. The van der Waals surface area contributed by atoms with Gasteiger partial charge in [0.25, 0.3) is 5.91 Å². The number of carbonyl (C=O) groups excluding carboxylic acids is 2. The Balaban J connectivity index is 2.29. The molecule has 0 radical (unpaired) electrons. The summed E-state index contributed by atoms with van der Waals surface area (Å²) in [6.45, 7) is 11.0. The summed E-state index contributed by atoms with van der Waals surface area (Å²) < 4.78 is 11.4. The number of anilines is 1. The highest BCUT2D eigenvalue weighted by atomic mass is 16.6. The van der Waals surface area contributed by atoms with E-state index in [1.165, 1.54) is 4.90 Å². The van der Waals surface area contributed by atoms with Crippen molar-refractivity contribution in [2.24, 2.45) is 0 Å². The second-order valence-corrected chi connectivity index (χ2v) is 8.28. The van der Waals surface area contributed by atoms with Crippen molar-refractivity contribution < 1.29 is 19.1 Å². The smallest absolute Gasteiger partial charge is 0.413 e. The van der Waals surface area contributed by atoms with E-state index >= 15 is 0 Å². The van der Waals surface area contributed by atoms with Crippen molar-refractivity contribution in [3.63, 3.8) is 0 Å². The average Bonchev–Trinajstić information content (AvgIpc) is 2.84. The number of hydrazine groups is 1. The first-order chi connectivity index (χ1) is 12.5. The van der Waals surface area contributed by atoms with E-state index < -0.39 is 23.0 Å². The molecule has 7 nitrogen and oxygen atoms in total. The van der Waals surface area contributed by atoms with Gasteiger partial charge in [-0.2, -0.15) is 0 Å². The van der Waals surface area contributed by atoms with Gasteiger partial charge in [-0.15, -0.1) is 0 Å². The van der Waals surface area contributed by atoms with Crippen LogP contribution in [-0.4, -0.2) is 40.4 Å². The molecule has 2 N–H and O–H groups in total. The van der Waals surface area contributed by atoms with Gasteiger partial charge in [-0.3, -0.25) is 20.5 Å². The van der Waals surface area contributed by atoms with Crippen molar-refractivity contribution >= 4 is 17.7 Å². The lowest BCUT2D eigenvalue weighted by Crippen LogP contribution is -2.64. The van der Waals surface area contributed by atoms with Crippen molar-refractivity contribution in [1.82, 2.24) is 10.3 Å². The Morgan fingerprint density at radius 3 is 2.41 bits per heavy atom. The van der Waals surface area contributed by atoms with E-state index in [1.807, 2.05) is 37.3 Å². The topological polar surface area (TPSA) is 79.9 Å². The maximum absolute atomic E-state index is 13.2. The summed E-state index contributed by atoms with van der Waals surface area (Å²) in [6.07, 6.45) is 0.600. The first-order valence-corrected chi connectivity index (χ1v) is 9.31. The summed E-state index contributed by atoms with van der Waals surface area (Å²) in [5.41, 5.74) is 3.61. The molecule has 1 aliphatic rings. The van der Waals surface area contributed by atoms with E-state index in [-0.39, 0.29) is 12.5 Å².